The predicted molar refractivity (Wildman–Crippen MR) is 74.9 cm³/mol. The third-order valence-electron chi connectivity index (χ3n) is 4.36. The first kappa shape index (κ1) is 12.6. The summed E-state index contributed by atoms with van der Waals surface area (Å²) in [5, 5.41) is 17.7. The molecule has 2 aliphatic rings. The van der Waals surface area contributed by atoms with E-state index >= 15 is 0 Å². The molecule has 3 heterocycles. The van der Waals surface area contributed by atoms with Gasteiger partial charge in [0.2, 0.25) is 0 Å². The molecule has 2 fully saturated rings. The van der Waals surface area contributed by atoms with Crippen molar-refractivity contribution in [2.24, 2.45) is 0 Å². The summed E-state index contributed by atoms with van der Waals surface area (Å²) < 4.78 is 0. The first-order valence-corrected chi connectivity index (χ1v) is 7.96. The highest BCUT2D eigenvalue weighted by atomic mass is 32.1. The minimum atomic E-state index is -0.353. The van der Waals surface area contributed by atoms with Gasteiger partial charge in [0, 0.05) is 25.2 Å². The minimum absolute atomic E-state index is 0.353. The predicted octanol–water partition coefficient (Wildman–Crippen LogP) is 2.00. The Labute approximate surface area is 113 Å². The third kappa shape index (κ3) is 2.62. The second-order valence-electron chi connectivity index (χ2n) is 5.47. The highest BCUT2D eigenvalue weighted by molar-refractivity contribution is 7.07. The fourth-order valence-electron chi connectivity index (χ4n) is 3.33. The Balaban J connectivity index is 1.51. The highest BCUT2D eigenvalue weighted by Gasteiger charge is 2.35. The van der Waals surface area contributed by atoms with Gasteiger partial charge in [0.05, 0.1) is 6.10 Å². The number of aliphatic hydroxyl groups is 1. The van der Waals surface area contributed by atoms with E-state index in [9.17, 15) is 5.11 Å². The van der Waals surface area contributed by atoms with Crippen molar-refractivity contribution in [2.45, 2.75) is 43.9 Å². The zero-order valence-corrected chi connectivity index (χ0v) is 11.5. The summed E-state index contributed by atoms with van der Waals surface area (Å²) >= 11 is 1.65. The van der Waals surface area contributed by atoms with E-state index in [1.807, 2.05) is 16.8 Å². The number of piperidine rings is 1. The van der Waals surface area contributed by atoms with Gasteiger partial charge in [0.15, 0.2) is 0 Å². The maximum atomic E-state index is 10.1. The van der Waals surface area contributed by atoms with Crippen LogP contribution in [0.1, 0.15) is 37.4 Å². The van der Waals surface area contributed by atoms with E-state index in [0.29, 0.717) is 18.6 Å². The average molecular weight is 266 g/mol. The first-order chi connectivity index (χ1) is 8.84. The molecule has 0 bridgehead atoms. The number of aliphatic hydroxyl groups excluding tert-OH is 1. The summed E-state index contributed by atoms with van der Waals surface area (Å²) in [6.07, 6.45) is 4.94. The summed E-state index contributed by atoms with van der Waals surface area (Å²) in [7, 11) is 0. The van der Waals surface area contributed by atoms with Crippen LogP contribution in [-0.2, 0) is 0 Å². The zero-order valence-electron chi connectivity index (χ0n) is 10.7. The first-order valence-electron chi connectivity index (χ1n) is 7.02. The van der Waals surface area contributed by atoms with E-state index in [0.717, 1.165) is 5.56 Å². The Kier molecular flexibility index (Phi) is 3.99. The second-order valence-corrected chi connectivity index (χ2v) is 6.26. The van der Waals surface area contributed by atoms with Crippen LogP contribution < -0.4 is 5.32 Å². The molecule has 18 heavy (non-hydrogen) atoms. The fourth-order valence-corrected chi connectivity index (χ4v) is 4.04. The molecule has 3 nitrogen and oxygen atoms in total. The van der Waals surface area contributed by atoms with Crippen LogP contribution in [0, 0.1) is 0 Å². The van der Waals surface area contributed by atoms with Crippen molar-refractivity contribution in [2.75, 3.05) is 19.6 Å². The Hall–Kier alpha value is -0.420. The van der Waals surface area contributed by atoms with Crippen molar-refractivity contribution in [3.05, 3.63) is 22.4 Å². The maximum absolute atomic E-state index is 10.1. The number of fused-ring (bicyclic) bond motifs is 1. The second kappa shape index (κ2) is 5.70. The largest absolute Gasteiger partial charge is 0.387 e. The zero-order chi connectivity index (χ0) is 12.4. The van der Waals surface area contributed by atoms with Gasteiger partial charge < -0.3 is 10.4 Å². The van der Waals surface area contributed by atoms with Crippen molar-refractivity contribution in [1.82, 2.24) is 10.2 Å². The number of nitrogens with zero attached hydrogens (tertiary/aromatic N) is 1. The smallest absolute Gasteiger partial charge is 0.0922 e. The van der Waals surface area contributed by atoms with Gasteiger partial charge in [-0.1, -0.05) is 6.42 Å². The number of rotatable bonds is 4. The van der Waals surface area contributed by atoms with Crippen molar-refractivity contribution in [3.63, 3.8) is 0 Å². The van der Waals surface area contributed by atoms with Gasteiger partial charge in [-0.3, -0.25) is 4.90 Å². The van der Waals surface area contributed by atoms with Crippen LogP contribution in [0.3, 0.4) is 0 Å². The molecule has 3 rings (SSSR count). The highest BCUT2D eigenvalue weighted by Crippen LogP contribution is 2.27. The summed E-state index contributed by atoms with van der Waals surface area (Å²) in [6.45, 7) is 3.19. The molecule has 0 spiro atoms. The SMILES string of the molecule is OC(CNC1CCN2CCCCC12)c1ccsc1. The van der Waals surface area contributed by atoms with Crippen molar-refractivity contribution >= 4 is 11.3 Å². The van der Waals surface area contributed by atoms with Crippen LogP contribution in [0.5, 0.6) is 0 Å². The molecule has 1 aromatic rings. The van der Waals surface area contributed by atoms with Gasteiger partial charge in [0.1, 0.15) is 0 Å². The van der Waals surface area contributed by atoms with Gasteiger partial charge in [0.25, 0.3) is 0 Å². The summed E-state index contributed by atoms with van der Waals surface area (Å²) in [5.41, 5.74) is 1.05. The summed E-state index contributed by atoms with van der Waals surface area (Å²) in [5.74, 6) is 0. The number of hydrogen-bond acceptors (Lipinski definition) is 4. The molecule has 0 radical (unpaired) electrons. The molecule has 4 heteroatoms. The Morgan fingerprint density at radius 1 is 1.39 bits per heavy atom. The van der Waals surface area contributed by atoms with Gasteiger partial charge in [-0.2, -0.15) is 11.3 Å². The number of hydrogen-bond donors (Lipinski definition) is 2. The van der Waals surface area contributed by atoms with Crippen LogP contribution in [0.2, 0.25) is 0 Å². The molecule has 0 saturated carbocycles. The molecule has 2 aliphatic heterocycles. The Bertz CT molecular complexity index is 368. The van der Waals surface area contributed by atoms with Crippen molar-refractivity contribution in [3.8, 4) is 0 Å². The number of thiophene rings is 1. The Morgan fingerprint density at radius 3 is 3.17 bits per heavy atom. The van der Waals surface area contributed by atoms with Crippen LogP contribution >= 0.6 is 11.3 Å². The summed E-state index contributed by atoms with van der Waals surface area (Å²) in [4.78, 5) is 2.62. The van der Waals surface area contributed by atoms with Gasteiger partial charge in [-0.15, -0.1) is 0 Å². The van der Waals surface area contributed by atoms with Crippen LogP contribution in [-0.4, -0.2) is 41.7 Å². The molecule has 100 valence electrons. The molecular weight excluding hydrogens is 244 g/mol. The number of nitrogens with one attached hydrogen (secondary N) is 1. The fraction of sp³-hybridized carbons (Fsp3) is 0.714. The van der Waals surface area contributed by atoms with Crippen LogP contribution in [0.25, 0.3) is 0 Å². The van der Waals surface area contributed by atoms with E-state index in [1.54, 1.807) is 11.3 Å². The third-order valence-corrected chi connectivity index (χ3v) is 5.06. The molecule has 3 atom stereocenters. The lowest BCUT2D eigenvalue weighted by Crippen LogP contribution is -2.45. The standard InChI is InChI=1S/C14H22N2OS/c17-14(11-5-8-18-10-11)9-15-12-4-7-16-6-2-1-3-13(12)16/h5,8,10,12-15,17H,1-4,6-7,9H2. The molecule has 0 aliphatic carbocycles. The van der Waals surface area contributed by atoms with Gasteiger partial charge in [-0.25, -0.2) is 0 Å². The lowest BCUT2D eigenvalue weighted by molar-refractivity contribution is 0.151. The molecule has 2 saturated heterocycles. The van der Waals surface area contributed by atoms with E-state index < -0.39 is 0 Å². The summed E-state index contributed by atoms with van der Waals surface area (Å²) in [6, 6.07) is 3.31. The monoisotopic (exact) mass is 266 g/mol. The van der Waals surface area contributed by atoms with Gasteiger partial charge >= 0.3 is 0 Å². The quantitative estimate of drug-likeness (QED) is 0.875. The Morgan fingerprint density at radius 2 is 2.33 bits per heavy atom. The van der Waals surface area contributed by atoms with Crippen LogP contribution in [0.4, 0.5) is 0 Å². The molecule has 3 unspecified atom stereocenters. The van der Waals surface area contributed by atoms with Crippen LogP contribution in [0.15, 0.2) is 16.8 Å². The maximum Gasteiger partial charge on any atom is 0.0922 e. The van der Waals surface area contributed by atoms with E-state index in [4.69, 9.17) is 0 Å². The lowest BCUT2D eigenvalue weighted by Gasteiger charge is -2.33. The normalized spacial score (nSPS) is 30.3. The molecule has 0 aromatic carbocycles. The molecular formula is C14H22N2OS. The molecule has 2 N–H and O–H groups in total. The molecule has 0 amide bonds. The van der Waals surface area contributed by atoms with Crippen molar-refractivity contribution < 1.29 is 5.11 Å². The van der Waals surface area contributed by atoms with Crippen molar-refractivity contribution in [1.29, 1.82) is 0 Å². The van der Waals surface area contributed by atoms with Gasteiger partial charge in [-0.05, 0) is 48.2 Å². The van der Waals surface area contributed by atoms with E-state index in [1.165, 1.54) is 38.8 Å². The topological polar surface area (TPSA) is 35.5 Å². The lowest BCUT2D eigenvalue weighted by atomic mass is 9.99. The minimum Gasteiger partial charge on any atom is -0.387 e. The van der Waals surface area contributed by atoms with E-state index in [-0.39, 0.29) is 6.10 Å². The van der Waals surface area contributed by atoms with E-state index in [2.05, 4.69) is 10.2 Å². The molecule has 1 aromatic heterocycles. The average Bonchev–Trinajstić information content (AvgIpc) is 3.06.